The Morgan fingerprint density at radius 3 is 2.58 bits per heavy atom. The zero-order chi connectivity index (χ0) is 17.5. The first-order chi connectivity index (χ1) is 11.3. The van der Waals surface area contributed by atoms with Gasteiger partial charge in [-0.05, 0) is 18.2 Å². The number of anilines is 1. The second kappa shape index (κ2) is 5.33. The third-order valence-corrected chi connectivity index (χ3v) is 2.91. The van der Waals surface area contributed by atoms with Crippen LogP contribution in [0.15, 0.2) is 30.6 Å². The summed E-state index contributed by atoms with van der Waals surface area (Å²) in [6, 6.07) is 4.27. The van der Waals surface area contributed by atoms with Crippen molar-refractivity contribution < 1.29 is 27.9 Å². The highest BCUT2D eigenvalue weighted by Crippen LogP contribution is 2.20. The summed E-state index contributed by atoms with van der Waals surface area (Å²) in [6.45, 7) is 0. The lowest BCUT2D eigenvalue weighted by Gasteiger charge is -2.07. The van der Waals surface area contributed by atoms with E-state index in [2.05, 4.69) is 15.2 Å². The first-order valence-electron chi connectivity index (χ1n) is 6.28. The van der Waals surface area contributed by atoms with Crippen LogP contribution in [0.5, 0.6) is 0 Å². The smallest absolute Gasteiger partial charge is 0.471 e. The molecule has 0 bridgehead atoms. The SMILES string of the molecule is O=C(O)c1c(-n2cccn2)ccc2nc(NC(=O)C(F)(F)F)nn12. The number of hydrogen-bond donors (Lipinski definition) is 2. The van der Waals surface area contributed by atoms with Gasteiger partial charge in [0, 0.05) is 12.4 Å². The maximum Gasteiger partial charge on any atom is 0.471 e. The summed E-state index contributed by atoms with van der Waals surface area (Å²) < 4.78 is 38.9. The van der Waals surface area contributed by atoms with Crippen molar-refractivity contribution in [2.45, 2.75) is 6.18 Å². The van der Waals surface area contributed by atoms with Gasteiger partial charge in [-0.25, -0.2) is 14.0 Å². The van der Waals surface area contributed by atoms with Gasteiger partial charge in [-0.2, -0.15) is 23.3 Å². The summed E-state index contributed by atoms with van der Waals surface area (Å²) in [5.41, 5.74) is -0.310. The molecule has 3 aromatic rings. The number of aromatic carboxylic acids is 1. The summed E-state index contributed by atoms with van der Waals surface area (Å²) in [5.74, 6) is -4.33. The largest absolute Gasteiger partial charge is 0.476 e. The highest BCUT2D eigenvalue weighted by Gasteiger charge is 2.39. The number of fused-ring (bicyclic) bond motifs is 1. The second-order valence-electron chi connectivity index (χ2n) is 4.48. The van der Waals surface area contributed by atoms with E-state index in [4.69, 9.17) is 0 Å². The van der Waals surface area contributed by atoms with Crippen LogP contribution < -0.4 is 5.32 Å². The molecule has 0 aliphatic heterocycles. The average Bonchev–Trinajstić information content (AvgIpc) is 3.13. The van der Waals surface area contributed by atoms with Crippen LogP contribution >= 0.6 is 0 Å². The topological polar surface area (TPSA) is 114 Å². The van der Waals surface area contributed by atoms with Crippen molar-refractivity contribution in [1.29, 1.82) is 0 Å². The molecule has 0 spiro atoms. The zero-order valence-corrected chi connectivity index (χ0v) is 11.5. The van der Waals surface area contributed by atoms with Crippen LogP contribution in [0.3, 0.4) is 0 Å². The van der Waals surface area contributed by atoms with Crippen LogP contribution in [0.2, 0.25) is 0 Å². The number of nitrogens with zero attached hydrogens (tertiary/aromatic N) is 5. The second-order valence-corrected chi connectivity index (χ2v) is 4.48. The van der Waals surface area contributed by atoms with E-state index in [1.807, 2.05) is 0 Å². The Balaban J connectivity index is 2.11. The summed E-state index contributed by atoms with van der Waals surface area (Å²) in [7, 11) is 0. The molecule has 0 aliphatic rings. The van der Waals surface area contributed by atoms with Crippen LogP contribution in [0.4, 0.5) is 19.1 Å². The van der Waals surface area contributed by atoms with Crippen molar-refractivity contribution in [3.63, 3.8) is 0 Å². The van der Waals surface area contributed by atoms with Gasteiger partial charge in [0.05, 0.1) is 5.69 Å². The monoisotopic (exact) mass is 340 g/mol. The van der Waals surface area contributed by atoms with Gasteiger partial charge >= 0.3 is 18.1 Å². The summed E-state index contributed by atoms with van der Waals surface area (Å²) >= 11 is 0. The lowest BCUT2D eigenvalue weighted by molar-refractivity contribution is -0.167. The number of alkyl halides is 3. The van der Waals surface area contributed by atoms with E-state index >= 15 is 0 Å². The number of carbonyl (C=O) groups is 2. The lowest BCUT2D eigenvalue weighted by atomic mass is 10.3. The van der Waals surface area contributed by atoms with Gasteiger partial charge in [-0.3, -0.25) is 10.1 Å². The van der Waals surface area contributed by atoms with Crippen molar-refractivity contribution >= 4 is 23.5 Å². The number of amides is 1. The molecule has 0 saturated heterocycles. The molecule has 0 atom stereocenters. The Bertz CT molecular complexity index is 932. The van der Waals surface area contributed by atoms with E-state index in [-0.39, 0.29) is 17.0 Å². The Morgan fingerprint density at radius 2 is 2.00 bits per heavy atom. The van der Waals surface area contributed by atoms with Crippen LogP contribution in [0.25, 0.3) is 11.3 Å². The van der Waals surface area contributed by atoms with Crippen molar-refractivity contribution in [2.75, 3.05) is 5.32 Å². The molecule has 0 saturated carbocycles. The molecule has 0 aliphatic carbocycles. The highest BCUT2D eigenvalue weighted by atomic mass is 19.4. The zero-order valence-electron chi connectivity index (χ0n) is 11.5. The normalized spacial score (nSPS) is 11.6. The lowest BCUT2D eigenvalue weighted by Crippen LogP contribution is -2.30. The maximum atomic E-state index is 12.3. The molecule has 124 valence electrons. The predicted octanol–water partition coefficient (Wildman–Crippen LogP) is 1.11. The summed E-state index contributed by atoms with van der Waals surface area (Å²) in [6.07, 6.45) is -2.21. The van der Waals surface area contributed by atoms with Crippen LogP contribution in [-0.4, -0.2) is 47.5 Å². The van der Waals surface area contributed by atoms with E-state index in [9.17, 15) is 27.9 Å². The van der Waals surface area contributed by atoms with E-state index in [1.54, 1.807) is 6.07 Å². The third kappa shape index (κ3) is 2.64. The highest BCUT2D eigenvalue weighted by molar-refractivity contribution is 5.94. The van der Waals surface area contributed by atoms with E-state index in [0.29, 0.717) is 0 Å². The van der Waals surface area contributed by atoms with Crippen LogP contribution in [-0.2, 0) is 4.79 Å². The minimum absolute atomic E-state index is 0.0548. The fourth-order valence-electron chi connectivity index (χ4n) is 1.96. The molecule has 3 aromatic heterocycles. The van der Waals surface area contributed by atoms with Gasteiger partial charge in [0.15, 0.2) is 11.3 Å². The Kier molecular flexibility index (Phi) is 3.43. The first-order valence-corrected chi connectivity index (χ1v) is 6.28. The molecule has 0 aromatic carbocycles. The van der Waals surface area contributed by atoms with E-state index in [0.717, 1.165) is 4.52 Å². The molecular weight excluding hydrogens is 333 g/mol. The Morgan fingerprint density at radius 1 is 1.25 bits per heavy atom. The molecule has 0 radical (unpaired) electrons. The number of pyridine rings is 1. The van der Waals surface area contributed by atoms with Crippen LogP contribution in [0.1, 0.15) is 10.5 Å². The van der Waals surface area contributed by atoms with Gasteiger partial charge < -0.3 is 5.11 Å². The number of rotatable bonds is 3. The Labute approximate surface area is 130 Å². The molecule has 3 rings (SSSR count). The van der Waals surface area contributed by atoms with Crippen molar-refractivity contribution in [3.05, 3.63) is 36.3 Å². The number of aromatic nitrogens is 5. The average molecular weight is 340 g/mol. The molecule has 0 fully saturated rings. The summed E-state index contributed by atoms with van der Waals surface area (Å²) in [5, 5.41) is 18.4. The number of hydrogen-bond acceptors (Lipinski definition) is 5. The quantitative estimate of drug-likeness (QED) is 0.738. The molecule has 9 nitrogen and oxygen atoms in total. The van der Waals surface area contributed by atoms with E-state index in [1.165, 1.54) is 34.5 Å². The summed E-state index contributed by atoms with van der Waals surface area (Å²) in [4.78, 5) is 26.1. The standard InChI is InChI=1S/C12H7F3N6O3/c13-12(14,15)10(24)18-11-17-7-3-2-6(20-5-1-4-16-20)8(9(22)23)21(7)19-11/h1-5H,(H,22,23)(H,18,19,24). The van der Waals surface area contributed by atoms with Gasteiger partial charge in [0.2, 0.25) is 5.95 Å². The number of halogens is 3. The van der Waals surface area contributed by atoms with Crippen LogP contribution in [0, 0.1) is 0 Å². The predicted molar refractivity (Wildman–Crippen MR) is 71.8 cm³/mol. The first kappa shape index (κ1) is 15.5. The van der Waals surface area contributed by atoms with Gasteiger partial charge in [0.1, 0.15) is 0 Å². The van der Waals surface area contributed by atoms with Gasteiger partial charge in [-0.15, -0.1) is 5.10 Å². The number of carboxylic acid groups (broad SMARTS) is 1. The maximum absolute atomic E-state index is 12.3. The molecule has 2 N–H and O–H groups in total. The minimum Gasteiger partial charge on any atom is -0.476 e. The van der Waals surface area contributed by atoms with Gasteiger partial charge in [0.25, 0.3) is 0 Å². The number of nitrogens with one attached hydrogen (secondary N) is 1. The van der Waals surface area contributed by atoms with E-state index < -0.39 is 24.0 Å². The molecular formula is C12H7F3N6O3. The molecule has 0 unspecified atom stereocenters. The number of carbonyl (C=O) groups excluding carboxylic acids is 1. The minimum atomic E-state index is -5.12. The Hall–Kier alpha value is -3.44. The van der Waals surface area contributed by atoms with Crippen molar-refractivity contribution in [1.82, 2.24) is 24.4 Å². The van der Waals surface area contributed by atoms with Crippen molar-refractivity contribution in [3.8, 4) is 5.69 Å². The molecule has 3 heterocycles. The molecule has 12 heteroatoms. The third-order valence-electron chi connectivity index (χ3n) is 2.91. The molecule has 24 heavy (non-hydrogen) atoms. The molecule has 1 amide bonds. The number of carboxylic acids is 1. The van der Waals surface area contributed by atoms with Crippen molar-refractivity contribution in [2.24, 2.45) is 0 Å². The fraction of sp³-hybridized carbons (Fsp3) is 0.0833. The van der Waals surface area contributed by atoms with Gasteiger partial charge in [-0.1, -0.05) is 0 Å². The fourth-order valence-corrected chi connectivity index (χ4v) is 1.96.